The summed E-state index contributed by atoms with van der Waals surface area (Å²) in [6.45, 7) is 1.64. The summed E-state index contributed by atoms with van der Waals surface area (Å²) in [4.78, 5) is 19.0. The van der Waals surface area contributed by atoms with E-state index >= 15 is 0 Å². The fraction of sp³-hybridized carbons (Fsp3) is 0.182. The first-order chi connectivity index (χ1) is 7.68. The molecule has 0 fully saturated rings. The van der Waals surface area contributed by atoms with Gasteiger partial charge in [0.1, 0.15) is 10.9 Å². The second-order valence-electron chi connectivity index (χ2n) is 3.37. The average molecular weight is 234 g/mol. The number of rotatable bonds is 3. The highest BCUT2D eigenvalue weighted by atomic mass is 32.1. The molecule has 0 aromatic carbocycles. The summed E-state index contributed by atoms with van der Waals surface area (Å²) in [6.07, 6.45) is 3.38. The largest absolute Gasteiger partial charge is 0.481 e. The Bertz CT molecular complexity index is 496. The molecule has 0 aliphatic carbocycles. The number of hydrogen-bond acceptors (Lipinski definition) is 4. The van der Waals surface area contributed by atoms with Gasteiger partial charge in [0.2, 0.25) is 0 Å². The van der Waals surface area contributed by atoms with E-state index in [-0.39, 0.29) is 0 Å². The Labute approximate surface area is 96.6 Å². The van der Waals surface area contributed by atoms with E-state index in [0.29, 0.717) is 5.01 Å². The lowest BCUT2D eigenvalue weighted by molar-refractivity contribution is -0.138. The van der Waals surface area contributed by atoms with Gasteiger partial charge >= 0.3 is 5.97 Å². The van der Waals surface area contributed by atoms with Crippen LogP contribution in [0.3, 0.4) is 0 Å². The van der Waals surface area contributed by atoms with Crippen LogP contribution < -0.4 is 0 Å². The second-order valence-corrected chi connectivity index (χ2v) is 4.26. The molecule has 0 saturated carbocycles. The Morgan fingerprint density at radius 3 is 2.75 bits per heavy atom. The van der Waals surface area contributed by atoms with Crippen molar-refractivity contribution in [3.63, 3.8) is 0 Å². The van der Waals surface area contributed by atoms with Gasteiger partial charge in [0, 0.05) is 23.3 Å². The monoisotopic (exact) mass is 234 g/mol. The highest BCUT2D eigenvalue weighted by molar-refractivity contribution is 7.10. The van der Waals surface area contributed by atoms with Crippen LogP contribution in [-0.2, 0) is 4.79 Å². The fourth-order valence-electron chi connectivity index (χ4n) is 1.25. The molecular weight excluding hydrogens is 224 g/mol. The van der Waals surface area contributed by atoms with Gasteiger partial charge in [-0.15, -0.1) is 11.3 Å². The van der Waals surface area contributed by atoms with E-state index in [2.05, 4.69) is 9.97 Å². The molecule has 4 nitrogen and oxygen atoms in total. The molecule has 1 unspecified atom stereocenters. The summed E-state index contributed by atoms with van der Waals surface area (Å²) in [5.41, 5.74) is 1.76. The quantitative estimate of drug-likeness (QED) is 0.885. The molecule has 1 atom stereocenters. The standard InChI is InChI=1S/C11H10N2O2S/c1-7(11(14)15)10-13-9(6-16-10)8-2-4-12-5-3-8/h2-7H,1H3,(H,14,15). The summed E-state index contributed by atoms with van der Waals surface area (Å²) < 4.78 is 0. The molecule has 82 valence electrons. The van der Waals surface area contributed by atoms with Crippen LogP contribution in [-0.4, -0.2) is 21.0 Å². The van der Waals surface area contributed by atoms with Crippen LogP contribution in [0.4, 0.5) is 0 Å². The number of aliphatic carboxylic acids is 1. The predicted octanol–water partition coefficient (Wildman–Crippen LogP) is 2.39. The number of carbonyl (C=O) groups is 1. The topological polar surface area (TPSA) is 63.1 Å². The van der Waals surface area contributed by atoms with Crippen LogP contribution in [0.5, 0.6) is 0 Å². The van der Waals surface area contributed by atoms with Gasteiger partial charge in [-0.05, 0) is 19.1 Å². The third-order valence-electron chi connectivity index (χ3n) is 2.24. The average Bonchev–Trinajstić information content (AvgIpc) is 2.78. The molecule has 0 bridgehead atoms. The Kier molecular flexibility index (Phi) is 2.96. The smallest absolute Gasteiger partial charge is 0.313 e. The molecule has 2 aromatic rings. The number of carboxylic acids is 1. The van der Waals surface area contributed by atoms with Crippen LogP contribution in [0.25, 0.3) is 11.3 Å². The summed E-state index contributed by atoms with van der Waals surface area (Å²) in [7, 11) is 0. The van der Waals surface area contributed by atoms with E-state index in [0.717, 1.165) is 11.3 Å². The zero-order chi connectivity index (χ0) is 11.5. The molecule has 0 aliphatic rings. The molecule has 0 aliphatic heterocycles. The van der Waals surface area contributed by atoms with E-state index < -0.39 is 11.9 Å². The zero-order valence-corrected chi connectivity index (χ0v) is 9.44. The van der Waals surface area contributed by atoms with Crippen LogP contribution >= 0.6 is 11.3 Å². The molecule has 5 heteroatoms. The Morgan fingerprint density at radius 2 is 2.12 bits per heavy atom. The molecule has 0 spiro atoms. The lowest BCUT2D eigenvalue weighted by Gasteiger charge is -1.99. The van der Waals surface area contributed by atoms with Gasteiger partial charge in [-0.1, -0.05) is 0 Å². The Hall–Kier alpha value is -1.75. The van der Waals surface area contributed by atoms with Gasteiger partial charge in [0.25, 0.3) is 0 Å². The van der Waals surface area contributed by atoms with Gasteiger partial charge in [0.15, 0.2) is 0 Å². The van der Waals surface area contributed by atoms with Gasteiger partial charge in [-0.3, -0.25) is 9.78 Å². The van der Waals surface area contributed by atoms with E-state index in [4.69, 9.17) is 5.11 Å². The Balaban J connectivity index is 2.30. The van der Waals surface area contributed by atoms with Crippen LogP contribution in [0, 0.1) is 0 Å². The van der Waals surface area contributed by atoms with Crippen molar-refractivity contribution in [3.05, 3.63) is 34.9 Å². The number of thiazole rings is 1. The molecule has 2 rings (SSSR count). The lowest BCUT2D eigenvalue weighted by atomic mass is 10.2. The van der Waals surface area contributed by atoms with E-state index in [9.17, 15) is 4.79 Å². The lowest BCUT2D eigenvalue weighted by Crippen LogP contribution is -2.06. The van der Waals surface area contributed by atoms with Crippen LogP contribution in [0.2, 0.25) is 0 Å². The first kappa shape index (κ1) is 10.8. The highest BCUT2D eigenvalue weighted by Crippen LogP contribution is 2.25. The van der Waals surface area contributed by atoms with E-state index in [1.807, 2.05) is 17.5 Å². The van der Waals surface area contributed by atoms with E-state index in [1.165, 1.54) is 11.3 Å². The SMILES string of the molecule is CC(C(=O)O)c1nc(-c2ccncc2)cs1. The van der Waals surface area contributed by atoms with Gasteiger partial charge < -0.3 is 5.11 Å². The van der Waals surface area contributed by atoms with Crippen molar-refractivity contribution in [1.29, 1.82) is 0 Å². The van der Waals surface area contributed by atoms with Crippen molar-refractivity contribution < 1.29 is 9.90 Å². The fourth-order valence-corrected chi connectivity index (χ4v) is 2.12. The maximum absolute atomic E-state index is 10.8. The van der Waals surface area contributed by atoms with Crippen LogP contribution in [0.1, 0.15) is 17.8 Å². The maximum atomic E-state index is 10.8. The van der Waals surface area contributed by atoms with Crippen molar-refractivity contribution in [2.45, 2.75) is 12.8 Å². The summed E-state index contributed by atoms with van der Waals surface area (Å²) in [5, 5.41) is 11.4. The molecule has 2 aromatic heterocycles. The number of aromatic nitrogens is 2. The Morgan fingerprint density at radius 1 is 1.44 bits per heavy atom. The number of hydrogen-bond donors (Lipinski definition) is 1. The molecule has 0 amide bonds. The maximum Gasteiger partial charge on any atom is 0.313 e. The molecule has 0 saturated heterocycles. The number of pyridine rings is 1. The normalized spacial score (nSPS) is 12.3. The molecule has 2 heterocycles. The molecule has 1 N–H and O–H groups in total. The van der Waals surface area contributed by atoms with Gasteiger partial charge in [-0.2, -0.15) is 0 Å². The third kappa shape index (κ3) is 2.09. The van der Waals surface area contributed by atoms with Crippen molar-refractivity contribution in [2.24, 2.45) is 0 Å². The minimum absolute atomic E-state index is 0.555. The number of carboxylic acid groups (broad SMARTS) is 1. The van der Waals surface area contributed by atoms with Crippen LogP contribution in [0.15, 0.2) is 29.9 Å². The first-order valence-electron chi connectivity index (χ1n) is 4.77. The van der Waals surface area contributed by atoms with E-state index in [1.54, 1.807) is 19.3 Å². The van der Waals surface area contributed by atoms with Gasteiger partial charge in [-0.25, -0.2) is 4.98 Å². The molecular formula is C11H10N2O2S. The molecule has 0 radical (unpaired) electrons. The summed E-state index contributed by atoms with van der Waals surface area (Å²) >= 11 is 1.37. The minimum Gasteiger partial charge on any atom is -0.481 e. The minimum atomic E-state index is -0.851. The number of nitrogens with zero attached hydrogens (tertiary/aromatic N) is 2. The first-order valence-corrected chi connectivity index (χ1v) is 5.65. The van der Waals surface area contributed by atoms with Crippen molar-refractivity contribution in [1.82, 2.24) is 9.97 Å². The summed E-state index contributed by atoms with van der Waals surface area (Å²) in [6, 6.07) is 3.70. The predicted molar refractivity (Wildman–Crippen MR) is 61.4 cm³/mol. The van der Waals surface area contributed by atoms with Crippen molar-refractivity contribution >= 4 is 17.3 Å². The molecule has 16 heavy (non-hydrogen) atoms. The van der Waals surface area contributed by atoms with Crippen molar-refractivity contribution in [2.75, 3.05) is 0 Å². The second kappa shape index (κ2) is 4.40. The zero-order valence-electron chi connectivity index (χ0n) is 8.62. The third-order valence-corrected chi connectivity index (χ3v) is 3.27. The van der Waals surface area contributed by atoms with Crippen molar-refractivity contribution in [3.8, 4) is 11.3 Å². The van der Waals surface area contributed by atoms with Gasteiger partial charge in [0.05, 0.1) is 5.69 Å². The summed E-state index contributed by atoms with van der Waals surface area (Å²) in [5.74, 6) is -1.41. The highest BCUT2D eigenvalue weighted by Gasteiger charge is 2.17.